The molecule has 1 fully saturated rings. The molecule has 0 unspecified atom stereocenters. The molecular weight excluding hydrogens is 344 g/mol. The van der Waals surface area contributed by atoms with Gasteiger partial charge in [-0.1, -0.05) is 17.7 Å². The number of benzene rings is 1. The van der Waals surface area contributed by atoms with Gasteiger partial charge in [-0.15, -0.1) is 11.3 Å². The Hall–Kier alpha value is -1.89. The van der Waals surface area contributed by atoms with E-state index in [1.54, 1.807) is 0 Å². The molecule has 1 saturated heterocycles. The number of carbonyl (C=O) groups is 1. The monoisotopic (exact) mass is 360 g/mol. The summed E-state index contributed by atoms with van der Waals surface area (Å²) in [5.41, 5.74) is 1.82. The molecule has 4 rings (SSSR count). The second-order valence-corrected chi connectivity index (χ2v) is 7.32. The molecule has 1 amide bonds. The van der Waals surface area contributed by atoms with E-state index in [1.165, 1.54) is 11.3 Å². The zero-order valence-corrected chi connectivity index (χ0v) is 14.8. The van der Waals surface area contributed by atoms with E-state index in [9.17, 15) is 4.79 Å². The zero-order chi connectivity index (χ0) is 16.7. The molecule has 3 heterocycles. The van der Waals surface area contributed by atoms with Crippen LogP contribution in [0.3, 0.4) is 0 Å². The van der Waals surface area contributed by atoms with E-state index in [2.05, 4.69) is 10.4 Å². The molecule has 1 aliphatic heterocycles. The number of rotatable bonds is 2. The summed E-state index contributed by atoms with van der Waals surface area (Å²) in [5.74, 6) is 0.106. The molecule has 5 nitrogen and oxygen atoms in total. The summed E-state index contributed by atoms with van der Waals surface area (Å²) in [5, 5.41) is 9.57. The number of hydrogen-bond donors (Lipinski definition) is 1. The first-order valence-corrected chi connectivity index (χ1v) is 9.08. The number of fused-ring (bicyclic) bond motifs is 1. The molecular formula is C17H17ClN4OS. The summed E-state index contributed by atoms with van der Waals surface area (Å²) in [6.07, 6.45) is 0. The van der Waals surface area contributed by atoms with Crippen LogP contribution in [0.4, 0.5) is 0 Å². The van der Waals surface area contributed by atoms with Crippen molar-refractivity contribution >= 4 is 39.1 Å². The molecule has 7 heteroatoms. The van der Waals surface area contributed by atoms with Crippen LogP contribution in [0.1, 0.15) is 15.4 Å². The zero-order valence-electron chi connectivity index (χ0n) is 13.3. The molecule has 2 aromatic heterocycles. The van der Waals surface area contributed by atoms with Gasteiger partial charge in [0.15, 0.2) is 0 Å². The number of halogens is 1. The van der Waals surface area contributed by atoms with Gasteiger partial charge in [0, 0.05) is 36.6 Å². The molecule has 1 aliphatic rings. The number of hydrogen-bond acceptors (Lipinski definition) is 4. The number of thiophene rings is 1. The van der Waals surface area contributed by atoms with Gasteiger partial charge in [-0.2, -0.15) is 5.10 Å². The highest BCUT2D eigenvalue weighted by Crippen LogP contribution is 2.31. The number of carbonyl (C=O) groups excluding carboxylic acids is 1. The second-order valence-electron chi connectivity index (χ2n) is 5.85. The summed E-state index contributed by atoms with van der Waals surface area (Å²) in [6, 6.07) is 9.56. The summed E-state index contributed by atoms with van der Waals surface area (Å²) < 4.78 is 1.87. The van der Waals surface area contributed by atoms with Crippen molar-refractivity contribution < 1.29 is 4.79 Å². The minimum Gasteiger partial charge on any atom is -0.335 e. The van der Waals surface area contributed by atoms with Crippen LogP contribution in [0.5, 0.6) is 0 Å². The van der Waals surface area contributed by atoms with Crippen molar-refractivity contribution in [2.24, 2.45) is 0 Å². The van der Waals surface area contributed by atoms with Gasteiger partial charge >= 0.3 is 0 Å². The van der Waals surface area contributed by atoms with Gasteiger partial charge in [-0.3, -0.25) is 4.79 Å². The maximum atomic E-state index is 12.7. The van der Waals surface area contributed by atoms with Crippen molar-refractivity contribution in [3.8, 4) is 5.69 Å². The first-order valence-electron chi connectivity index (χ1n) is 7.88. The van der Waals surface area contributed by atoms with Crippen molar-refractivity contribution in [1.82, 2.24) is 20.0 Å². The van der Waals surface area contributed by atoms with Crippen LogP contribution >= 0.6 is 22.9 Å². The number of amides is 1. The summed E-state index contributed by atoms with van der Waals surface area (Å²) in [6.45, 7) is 5.19. The lowest BCUT2D eigenvalue weighted by molar-refractivity contribution is 0.0741. The molecule has 0 bridgehead atoms. The lowest BCUT2D eigenvalue weighted by Crippen LogP contribution is -2.46. The van der Waals surface area contributed by atoms with Crippen LogP contribution in [0, 0.1) is 6.92 Å². The normalized spacial score (nSPS) is 15.2. The number of piperazine rings is 1. The van der Waals surface area contributed by atoms with Crippen LogP contribution in [-0.4, -0.2) is 46.8 Å². The van der Waals surface area contributed by atoms with Crippen LogP contribution in [0.25, 0.3) is 15.9 Å². The molecule has 1 N–H and O–H groups in total. The van der Waals surface area contributed by atoms with E-state index in [4.69, 9.17) is 11.6 Å². The van der Waals surface area contributed by atoms with E-state index in [1.807, 2.05) is 46.8 Å². The van der Waals surface area contributed by atoms with Crippen molar-refractivity contribution in [2.45, 2.75) is 6.92 Å². The Labute approximate surface area is 148 Å². The topological polar surface area (TPSA) is 50.2 Å². The van der Waals surface area contributed by atoms with Crippen LogP contribution < -0.4 is 5.32 Å². The summed E-state index contributed by atoms with van der Waals surface area (Å²) >= 11 is 7.60. The lowest BCUT2D eigenvalue weighted by atomic mass is 10.2. The molecule has 1 aromatic carbocycles. The molecule has 0 saturated carbocycles. The Bertz CT molecular complexity index is 911. The third kappa shape index (κ3) is 2.70. The van der Waals surface area contributed by atoms with Crippen LogP contribution in [0.15, 0.2) is 30.3 Å². The Morgan fingerprint density at radius 1 is 1.29 bits per heavy atom. The van der Waals surface area contributed by atoms with Gasteiger partial charge < -0.3 is 10.2 Å². The number of nitrogens with one attached hydrogen (secondary N) is 1. The molecule has 0 atom stereocenters. The Morgan fingerprint density at radius 2 is 2.08 bits per heavy atom. The van der Waals surface area contributed by atoms with Crippen molar-refractivity contribution in [3.05, 3.63) is 45.9 Å². The van der Waals surface area contributed by atoms with Crippen molar-refractivity contribution in [3.63, 3.8) is 0 Å². The van der Waals surface area contributed by atoms with Gasteiger partial charge in [0.2, 0.25) is 0 Å². The standard InChI is InChI=1S/C17H17ClN4OS/c1-11-14-10-15(16(23)21-7-5-19-6-8-21)24-17(14)22(20-11)13-4-2-3-12(18)9-13/h2-4,9-10,19H,5-8H2,1H3. The first-order chi connectivity index (χ1) is 11.6. The van der Waals surface area contributed by atoms with E-state index < -0.39 is 0 Å². The quantitative estimate of drug-likeness (QED) is 0.764. The van der Waals surface area contributed by atoms with Gasteiger partial charge in [-0.25, -0.2) is 4.68 Å². The fourth-order valence-electron chi connectivity index (χ4n) is 2.96. The van der Waals surface area contributed by atoms with Gasteiger partial charge in [0.05, 0.1) is 16.3 Å². The van der Waals surface area contributed by atoms with E-state index in [0.29, 0.717) is 5.02 Å². The van der Waals surface area contributed by atoms with Crippen LogP contribution in [-0.2, 0) is 0 Å². The summed E-state index contributed by atoms with van der Waals surface area (Å²) in [7, 11) is 0. The average molecular weight is 361 g/mol. The van der Waals surface area contributed by atoms with E-state index in [0.717, 1.165) is 52.7 Å². The Morgan fingerprint density at radius 3 is 2.83 bits per heavy atom. The fraction of sp³-hybridized carbons (Fsp3) is 0.294. The third-order valence-corrected chi connectivity index (χ3v) is 5.55. The molecule has 0 aliphatic carbocycles. The minimum absolute atomic E-state index is 0.106. The smallest absolute Gasteiger partial charge is 0.264 e. The number of aryl methyl sites for hydroxylation is 1. The highest BCUT2D eigenvalue weighted by atomic mass is 35.5. The van der Waals surface area contributed by atoms with Crippen molar-refractivity contribution in [2.75, 3.05) is 26.2 Å². The maximum Gasteiger partial charge on any atom is 0.264 e. The summed E-state index contributed by atoms with van der Waals surface area (Å²) in [4.78, 5) is 16.4. The highest BCUT2D eigenvalue weighted by Gasteiger charge is 2.22. The Kier molecular flexibility index (Phi) is 4.04. The van der Waals surface area contributed by atoms with Gasteiger partial charge in [0.1, 0.15) is 4.83 Å². The number of aromatic nitrogens is 2. The van der Waals surface area contributed by atoms with E-state index >= 15 is 0 Å². The first kappa shape index (κ1) is 15.6. The predicted molar refractivity (Wildman–Crippen MR) is 97.5 cm³/mol. The van der Waals surface area contributed by atoms with Crippen LogP contribution in [0.2, 0.25) is 5.02 Å². The fourth-order valence-corrected chi connectivity index (χ4v) is 4.29. The average Bonchev–Trinajstić information content (AvgIpc) is 3.16. The minimum atomic E-state index is 0.106. The van der Waals surface area contributed by atoms with Gasteiger partial charge in [-0.05, 0) is 31.2 Å². The third-order valence-electron chi connectivity index (χ3n) is 4.21. The van der Waals surface area contributed by atoms with Crippen molar-refractivity contribution in [1.29, 1.82) is 0 Å². The van der Waals surface area contributed by atoms with E-state index in [-0.39, 0.29) is 5.91 Å². The second kappa shape index (κ2) is 6.20. The predicted octanol–water partition coefficient (Wildman–Crippen LogP) is 3.09. The molecule has 24 heavy (non-hydrogen) atoms. The Balaban J connectivity index is 1.75. The van der Waals surface area contributed by atoms with Gasteiger partial charge in [0.25, 0.3) is 5.91 Å². The highest BCUT2D eigenvalue weighted by molar-refractivity contribution is 7.20. The molecule has 3 aromatic rings. The SMILES string of the molecule is Cc1nn(-c2cccc(Cl)c2)c2sc(C(=O)N3CCNCC3)cc12. The lowest BCUT2D eigenvalue weighted by Gasteiger charge is -2.26. The maximum absolute atomic E-state index is 12.7. The number of nitrogens with zero attached hydrogens (tertiary/aromatic N) is 3. The molecule has 124 valence electrons. The molecule has 0 radical (unpaired) electrons. The molecule has 0 spiro atoms. The largest absolute Gasteiger partial charge is 0.335 e.